The zero-order chi connectivity index (χ0) is 17.9. The minimum absolute atomic E-state index is 0.629. The summed E-state index contributed by atoms with van der Waals surface area (Å²) in [6, 6.07) is 10.0. The summed E-state index contributed by atoms with van der Waals surface area (Å²) in [5.74, 6) is 2.62. The fourth-order valence-electron chi connectivity index (χ4n) is 3.26. The summed E-state index contributed by atoms with van der Waals surface area (Å²) < 4.78 is 13.4. The first-order valence-corrected chi connectivity index (χ1v) is 9.00. The van der Waals surface area contributed by atoms with E-state index in [0.717, 1.165) is 55.0 Å². The van der Waals surface area contributed by atoms with Crippen LogP contribution >= 0.6 is 0 Å². The van der Waals surface area contributed by atoms with E-state index in [2.05, 4.69) is 22.2 Å². The fourth-order valence-corrected chi connectivity index (χ4v) is 3.26. The Labute approximate surface area is 153 Å². The van der Waals surface area contributed by atoms with Crippen LogP contribution in [0, 0.1) is 0 Å². The number of ether oxygens (including phenoxy) is 1. The highest BCUT2D eigenvalue weighted by atomic mass is 16.5. The Morgan fingerprint density at radius 1 is 1.15 bits per heavy atom. The number of furan rings is 1. The third-order valence-corrected chi connectivity index (χ3v) is 4.77. The van der Waals surface area contributed by atoms with Gasteiger partial charge in [0.05, 0.1) is 6.61 Å². The summed E-state index contributed by atoms with van der Waals surface area (Å²) in [6.07, 6.45) is 2.01. The monoisotopic (exact) mass is 355 g/mol. The molecule has 1 aliphatic heterocycles. The minimum atomic E-state index is 0.629. The molecule has 1 N–H and O–H groups in total. The van der Waals surface area contributed by atoms with E-state index in [1.54, 1.807) is 7.11 Å². The second-order valence-corrected chi connectivity index (χ2v) is 6.59. The van der Waals surface area contributed by atoms with Crippen molar-refractivity contribution < 1.29 is 9.15 Å². The molecule has 3 aromatic rings. The standard InChI is InChI=1S/C19H25N5O2/c1-22-10-12-23(13-11-22)17-7-6-15(26-17)18-19(20-8-14-25-2)24-9-4-3-5-16(24)21-18/h3-7,9,20H,8,10-14H2,1-2H3. The number of nitrogens with one attached hydrogen (secondary N) is 1. The lowest BCUT2D eigenvalue weighted by Crippen LogP contribution is -2.44. The molecule has 26 heavy (non-hydrogen) atoms. The second-order valence-electron chi connectivity index (χ2n) is 6.59. The van der Waals surface area contributed by atoms with E-state index in [1.165, 1.54) is 0 Å². The third kappa shape index (κ3) is 3.27. The lowest BCUT2D eigenvalue weighted by Gasteiger charge is -2.32. The Kier molecular flexibility index (Phi) is 4.81. The average Bonchev–Trinajstić information content (AvgIpc) is 3.28. The predicted molar refractivity (Wildman–Crippen MR) is 103 cm³/mol. The lowest BCUT2D eigenvalue weighted by atomic mass is 10.3. The molecule has 0 radical (unpaired) electrons. The predicted octanol–water partition coefficient (Wildman–Crippen LogP) is 2.40. The zero-order valence-electron chi connectivity index (χ0n) is 15.3. The Morgan fingerprint density at radius 3 is 2.81 bits per heavy atom. The van der Waals surface area contributed by atoms with Crippen LogP contribution in [0.2, 0.25) is 0 Å². The van der Waals surface area contributed by atoms with E-state index in [4.69, 9.17) is 14.1 Å². The maximum absolute atomic E-state index is 6.18. The van der Waals surface area contributed by atoms with Crippen molar-refractivity contribution in [1.29, 1.82) is 0 Å². The second kappa shape index (κ2) is 7.39. The minimum Gasteiger partial charge on any atom is -0.439 e. The molecule has 4 rings (SSSR count). The van der Waals surface area contributed by atoms with Crippen LogP contribution in [0.1, 0.15) is 0 Å². The van der Waals surface area contributed by atoms with E-state index in [9.17, 15) is 0 Å². The molecule has 0 aliphatic carbocycles. The highest BCUT2D eigenvalue weighted by Gasteiger charge is 2.20. The zero-order valence-corrected chi connectivity index (χ0v) is 15.3. The van der Waals surface area contributed by atoms with Crippen LogP contribution in [0.4, 0.5) is 11.7 Å². The normalized spacial score (nSPS) is 15.7. The van der Waals surface area contributed by atoms with E-state index < -0.39 is 0 Å². The molecule has 0 unspecified atom stereocenters. The van der Waals surface area contributed by atoms with Crippen molar-refractivity contribution in [1.82, 2.24) is 14.3 Å². The van der Waals surface area contributed by atoms with Crippen LogP contribution in [-0.4, -0.2) is 67.8 Å². The van der Waals surface area contributed by atoms with Crippen LogP contribution < -0.4 is 10.2 Å². The molecule has 7 heteroatoms. The third-order valence-electron chi connectivity index (χ3n) is 4.77. The highest BCUT2D eigenvalue weighted by Crippen LogP contribution is 2.32. The smallest absolute Gasteiger partial charge is 0.196 e. The van der Waals surface area contributed by atoms with Gasteiger partial charge in [0.1, 0.15) is 17.2 Å². The quantitative estimate of drug-likeness (QED) is 0.685. The number of aromatic nitrogens is 2. The molecule has 0 spiro atoms. The number of anilines is 2. The number of piperazine rings is 1. The van der Waals surface area contributed by atoms with E-state index in [0.29, 0.717) is 13.2 Å². The molecule has 1 aliphatic rings. The van der Waals surface area contributed by atoms with E-state index >= 15 is 0 Å². The van der Waals surface area contributed by atoms with Crippen molar-refractivity contribution in [2.75, 3.05) is 63.7 Å². The Bertz CT molecular complexity index is 864. The van der Waals surface area contributed by atoms with Gasteiger partial charge in [-0.1, -0.05) is 6.07 Å². The van der Waals surface area contributed by atoms with Crippen LogP contribution in [0.25, 0.3) is 17.1 Å². The number of rotatable bonds is 6. The molecule has 0 amide bonds. The SMILES string of the molecule is COCCNc1c(-c2ccc(N3CCN(C)CC3)o2)nc2ccccn12. The number of fused-ring (bicyclic) bond motifs is 1. The van der Waals surface area contributed by atoms with Crippen LogP contribution in [-0.2, 0) is 4.74 Å². The highest BCUT2D eigenvalue weighted by molar-refractivity contribution is 5.74. The van der Waals surface area contributed by atoms with Gasteiger partial charge >= 0.3 is 0 Å². The van der Waals surface area contributed by atoms with Gasteiger partial charge in [-0.3, -0.25) is 4.40 Å². The molecule has 4 heterocycles. The van der Waals surface area contributed by atoms with Crippen molar-refractivity contribution >= 4 is 17.3 Å². The maximum Gasteiger partial charge on any atom is 0.196 e. The summed E-state index contributed by atoms with van der Waals surface area (Å²) in [7, 11) is 3.85. The summed E-state index contributed by atoms with van der Waals surface area (Å²) in [4.78, 5) is 9.39. The van der Waals surface area contributed by atoms with Crippen molar-refractivity contribution in [2.45, 2.75) is 0 Å². The van der Waals surface area contributed by atoms with Gasteiger partial charge in [-0.25, -0.2) is 4.98 Å². The molecule has 7 nitrogen and oxygen atoms in total. The Balaban J connectivity index is 1.64. The molecule has 1 fully saturated rings. The van der Waals surface area contributed by atoms with Gasteiger partial charge in [-0.05, 0) is 25.2 Å². The van der Waals surface area contributed by atoms with Crippen molar-refractivity contribution in [3.8, 4) is 11.5 Å². The first kappa shape index (κ1) is 16.9. The molecule has 3 aromatic heterocycles. The molecular formula is C19H25N5O2. The van der Waals surface area contributed by atoms with Gasteiger partial charge in [0, 0.05) is 52.1 Å². The van der Waals surface area contributed by atoms with Crippen molar-refractivity contribution in [2.24, 2.45) is 0 Å². The molecule has 0 saturated carbocycles. The van der Waals surface area contributed by atoms with Gasteiger partial charge in [0.2, 0.25) is 0 Å². The van der Waals surface area contributed by atoms with Gasteiger partial charge in [0.15, 0.2) is 11.6 Å². The first-order valence-electron chi connectivity index (χ1n) is 9.00. The number of pyridine rings is 1. The Morgan fingerprint density at radius 2 is 2.00 bits per heavy atom. The number of imidazole rings is 1. The van der Waals surface area contributed by atoms with Gasteiger partial charge in [-0.15, -0.1) is 0 Å². The molecule has 138 valence electrons. The molecule has 0 bridgehead atoms. The summed E-state index contributed by atoms with van der Waals surface area (Å²) in [6.45, 7) is 5.39. The fraction of sp³-hybridized carbons (Fsp3) is 0.421. The average molecular weight is 355 g/mol. The van der Waals surface area contributed by atoms with Gasteiger partial charge < -0.3 is 24.3 Å². The first-order chi connectivity index (χ1) is 12.8. The molecule has 1 saturated heterocycles. The number of methoxy groups -OCH3 is 1. The number of likely N-dealkylation sites (N-methyl/N-ethyl adjacent to an activating group) is 1. The summed E-state index contributed by atoms with van der Waals surface area (Å²) in [5, 5.41) is 3.43. The van der Waals surface area contributed by atoms with E-state index in [-0.39, 0.29) is 0 Å². The summed E-state index contributed by atoms with van der Waals surface area (Å²) >= 11 is 0. The number of hydrogen-bond acceptors (Lipinski definition) is 6. The van der Waals surface area contributed by atoms with Crippen LogP contribution in [0.5, 0.6) is 0 Å². The van der Waals surface area contributed by atoms with E-state index in [1.807, 2.05) is 40.9 Å². The van der Waals surface area contributed by atoms with Gasteiger partial charge in [0.25, 0.3) is 0 Å². The molecule has 0 atom stereocenters. The lowest BCUT2D eigenvalue weighted by molar-refractivity contribution is 0.210. The number of hydrogen-bond donors (Lipinski definition) is 1. The Hall–Kier alpha value is -2.51. The maximum atomic E-state index is 6.18. The molecular weight excluding hydrogens is 330 g/mol. The van der Waals surface area contributed by atoms with Crippen molar-refractivity contribution in [3.63, 3.8) is 0 Å². The van der Waals surface area contributed by atoms with Crippen LogP contribution in [0.3, 0.4) is 0 Å². The van der Waals surface area contributed by atoms with Crippen LogP contribution in [0.15, 0.2) is 40.9 Å². The topological polar surface area (TPSA) is 58.2 Å². The largest absolute Gasteiger partial charge is 0.439 e. The molecule has 0 aromatic carbocycles. The van der Waals surface area contributed by atoms with Crippen molar-refractivity contribution in [3.05, 3.63) is 36.5 Å². The summed E-state index contributed by atoms with van der Waals surface area (Å²) in [5.41, 5.74) is 1.72. The van der Waals surface area contributed by atoms with Gasteiger partial charge in [-0.2, -0.15) is 0 Å². The number of nitrogens with zero attached hydrogens (tertiary/aromatic N) is 4.